The number of hydrogen-bond acceptors (Lipinski definition) is 6. The van der Waals surface area contributed by atoms with Crippen LogP contribution < -0.4 is 0 Å². The number of rotatable bonds is 8. The fourth-order valence-corrected chi connectivity index (χ4v) is 2.18. The van der Waals surface area contributed by atoms with E-state index in [-0.39, 0.29) is 25.6 Å². The molecule has 0 radical (unpaired) electrons. The highest BCUT2D eigenvalue weighted by molar-refractivity contribution is 7.48. The number of ether oxygens (including phenoxy) is 1. The van der Waals surface area contributed by atoms with E-state index in [4.69, 9.17) is 13.6 Å². The van der Waals surface area contributed by atoms with E-state index in [1.54, 1.807) is 20.8 Å². The minimum Gasteiger partial charge on any atom is -0.463 e. The molecule has 6 nitrogen and oxygen atoms in total. The molecule has 7 heteroatoms. The van der Waals surface area contributed by atoms with Crippen molar-refractivity contribution in [1.82, 2.24) is 0 Å². The molecule has 17 heavy (non-hydrogen) atoms. The summed E-state index contributed by atoms with van der Waals surface area (Å²) in [5.41, 5.74) is 0. The Hall–Kier alpha value is -0.840. The first-order chi connectivity index (χ1) is 7.97. The Morgan fingerprint density at radius 3 is 2.06 bits per heavy atom. The predicted molar refractivity (Wildman–Crippen MR) is 62.3 cm³/mol. The van der Waals surface area contributed by atoms with Crippen molar-refractivity contribution in [2.45, 2.75) is 27.7 Å². The van der Waals surface area contributed by atoms with E-state index in [1.807, 2.05) is 0 Å². The molecule has 0 amide bonds. The number of phosphoric acid groups is 1. The standard InChI is InChI=1S/C10H19O6P/c1-5-13-10(11)8-9(4)16-17(12,14-6-2)15-7-3/h8H,5-7H2,1-4H3/b9-8+. The van der Waals surface area contributed by atoms with Crippen LogP contribution in [0.5, 0.6) is 0 Å². The van der Waals surface area contributed by atoms with Crippen molar-refractivity contribution >= 4 is 13.8 Å². The highest BCUT2D eigenvalue weighted by Crippen LogP contribution is 2.51. The monoisotopic (exact) mass is 266 g/mol. The third-order valence-electron chi connectivity index (χ3n) is 1.44. The number of carbonyl (C=O) groups excluding carboxylic acids is 1. The van der Waals surface area contributed by atoms with Gasteiger partial charge in [-0.15, -0.1) is 0 Å². The SMILES string of the molecule is CCOC(=O)/C=C(\C)OP(=O)(OCC)OCC. The Kier molecular flexibility index (Phi) is 7.87. The van der Waals surface area contributed by atoms with E-state index in [9.17, 15) is 9.36 Å². The van der Waals surface area contributed by atoms with Crippen LogP contribution in [0.3, 0.4) is 0 Å². The maximum absolute atomic E-state index is 11.9. The summed E-state index contributed by atoms with van der Waals surface area (Å²) in [6.07, 6.45) is 1.09. The lowest BCUT2D eigenvalue weighted by Crippen LogP contribution is -2.03. The largest absolute Gasteiger partial charge is 0.529 e. The summed E-state index contributed by atoms with van der Waals surface area (Å²) in [4.78, 5) is 11.1. The smallest absolute Gasteiger partial charge is 0.463 e. The van der Waals surface area contributed by atoms with Crippen molar-refractivity contribution in [1.29, 1.82) is 0 Å². The van der Waals surface area contributed by atoms with Gasteiger partial charge in [0, 0.05) is 0 Å². The van der Waals surface area contributed by atoms with E-state index < -0.39 is 13.8 Å². The van der Waals surface area contributed by atoms with Gasteiger partial charge in [0.1, 0.15) is 5.76 Å². The summed E-state index contributed by atoms with van der Waals surface area (Å²) in [5, 5.41) is 0. The van der Waals surface area contributed by atoms with Gasteiger partial charge in [0.15, 0.2) is 0 Å². The molecule has 0 unspecified atom stereocenters. The fourth-order valence-electron chi connectivity index (χ4n) is 0.959. The third kappa shape index (κ3) is 7.15. The van der Waals surface area contributed by atoms with Crippen molar-refractivity contribution in [3.8, 4) is 0 Å². The molecule has 0 saturated heterocycles. The van der Waals surface area contributed by atoms with Crippen LogP contribution in [0.1, 0.15) is 27.7 Å². The van der Waals surface area contributed by atoms with E-state index in [1.165, 1.54) is 6.92 Å². The van der Waals surface area contributed by atoms with E-state index in [0.717, 1.165) is 6.08 Å². The van der Waals surface area contributed by atoms with Crippen LogP contribution in [-0.2, 0) is 27.7 Å². The molecule has 0 rings (SSSR count). The van der Waals surface area contributed by atoms with Crippen molar-refractivity contribution in [3.63, 3.8) is 0 Å². The Labute approximate surface area is 101 Å². The average Bonchev–Trinajstić information content (AvgIpc) is 2.17. The molecule has 0 aromatic heterocycles. The zero-order chi connectivity index (χ0) is 13.3. The zero-order valence-electron chi connectivity index (χ0n) is 10.6. The summed E-state index contributed by atoms with van der Waals surface area (Å²) in [5.74, 6) is -0.446. The lowest BCUT2D eigenvalue weighted by atomic mass is 10.5. The summed E-state index contributed by atoms with van der Waals surface area (Å²) in [6.45, 7) is 7.12. The Morgan fingerprint density at radius 2 is 1.65 bits per heavy atom. The quantitative estimate of drug-likeness (QED) is 0.291. The second kappa shape index (κ2) is 8.28. The molecule has 0 N–H and O–H groups in total. The van der Waals surface area contributed by atoms with Crippen LogP contribution in [0, 0.1) is 0 Å². The summed E-state index contributed by atoms with van der Waals surface area (Å²) >= 11 is 0. The molecule has 0 aromatic rings. The van der Waals surface area contributed by atoms with Gasteiger partial charge in [-0.3, -0.25) is 9.05 Å². The minimum atomic E-state index is -3.63. The molecule has 0 spiro atoms. The molecule has 0 aliphatic heterocycles. The maximum Gasteiger partial charge on any atom is 0.529 e. The second-order valence-electron chi connectivity index (χ2n) is 2.88. The summed E-state index contributed by atoms with van der Waals surface area (Å²) in [7, 11) is -3.63. The number of allylic oxidation sites excluding steroid dienone is 1. The van der Waals surface area contributed by atoms with Crippen molar-refractivity contribution in [2.24, 2.45) is 0 Å². The number of hydrogen-bond donors (Lipinski definition) is 0. The van der Waals surface area contributed by atoms with Gasteiger partial charge in [-0.25, -0.2) is 9.36 Å². The zero-order valence-corrected chi connectivity index (χ0v) is 11.5. The van der Waals surface area contributed by atoms with Crippen LogP contribution >= 0.6 is 7.82 Å². The number of carbonyl (C=O) groups is 1. The fraction of sp³-hybridized carbons (Fsp3) is 0.700. The highest BCUT2D eigenvalue weighted by atomic mass is 31.2. The lowest BCUT2D eigenvalue weighted by Gasteiger charge is -2.17. The van der Waals surface area contributed by atoms with E-state index in [2.05, 4.69) is 4.74 Å². The van der Waals surface area contributed by atoms with Gasteiger partial charge in [0.25, 0.3) is 0 Å². The normalized spacial score (nSPS) is 12.4. The lowest BCUT2D eigenvalue weighted by molar-refractivity contribution is -0.137. The molecule has 0 aliphatic rings. The summed E-state index contributed by atoms with van der Waals surface area (Å²) < 4.78 is 31.4. The number of esters is 1. The van der Waals surface area contributed by atoms with Gasteiger partial charge in [-0.1, -0.05) is 0 Å². The van der Waals surface area contributed by atoms with Crippen molar-refractivity contribution in [3.05, 3.63) is 11.8 Å². The van der Waals surface area contributed by atoms with Crippen LogP contribution in [0.25, 0.3) is 0 Å². The summed E-state index contributed by atoms with van der Waals surface area (Å²) in [6, 6.07) is 0. The topological polar surface area (TPSA) is 71.1 Å². The first-order valence-electron chi connectivity index (χ1n) is 5.41. The highest BCUT2D eigenvalue weighted by Gasteiger charge is 2.27. The van der Waals surface area contributed by atoms with Gasteiger partial charge in [-0.05, 0) is 27.7 Å². The van der Waals surface area contributed by atoms with Crippen LogP contribution in [-0.4, -0.2) is 25.8 Å². The van der Waals surface area contributed by atoms with Gasteiger partial charge in [0.05, 0.1) is 25.9 Å². The van der Waals surface area contributed by atoms with Crippen molar-refractivity contribution < 1.29 is 27.7 Å². The Bertz CT molecular complexity index is 302. The molecule has 0 aliphatic carbocycles. The van der Waals surface area contributed by atoms with E-state index in [0.29, 0.717) is 0 Å². The number of phosphoric ester groups is 1. The van der Waals surface area contributed by atoms with Gasteiger partial charge >= 0.3 is 13.8 Å². The first-order valence-corrected chi connectivity index (χ1v) is 6.87. The molecular weight excluding hydrogens is 247 g/mol. The Balaban J connectivity index is 4.54. The Morgan fingerprint density at radius 1 is 1.12 bits per heavy atom. The predicted octanol–water partition coefficient (Wildman–Crippen LogP) is 2.65. The van der Waals surface area contributed by atoms with Crippen LogP contribution in [0.4, 0.5) is 0 Å². The molecule has 0 saturated carbocycles. The van der Waals surface area contributed by atoms with Crippen LogP contribution in [0.15, 0.2) is 11.8 Å². The molecule has 100 valence electrons. The molecule has 0 atom stereocenters. The molecule has 0 bridgehead atoms. The average molecular weight is 266 g/mol. The third-order valence-corrected chi connectivity index (χ3v) is 3.10. The molecule has 0 aromatic carbocycles. The van der Waals surface area contributed by atoms with E-state index >= 15 is 0 Å². The molecule has 0 fully saturated rings. The molecular formula is C10H19O6P. The maximum atomic E-state index is 11.9. The van der Waals surface area contributed by atoms with Gasteiger partial charge < -0.3 is 9.26 Å². The van der Waals surface area contributed by atoms with Gasteiger partial charge in [0.2, 0.25) is 0 Å². The molecule has 0 heterocycles. The van der Waals surface area contributed by atoms with Crippen LogP contribution in [0.2, 0.25) is 0 Å². The van der Waals surface area contributed by atoms with Crippen molar-refractivity contribution in [2.75, 3.05) is 19.8 Å². The minimum absolute atomic E-state index is 0.119. The first kappa shape index (κ1) is 16.2. The van der Waals surface area contributed by atoms with Gasteiger partial charge in [-0.2, -0.15) is 0 Å². The second-order valence-corrected chi connectivity index (χ2v) is 4.47.